The molecule has 0 radical (unpaired) electrons. The highest BCUT2D eigenvalue weighted by Gasteiger charge is 2.25. The number of para-hydroxylation sites is 1. The van der Waals surface area contributed by atoms with Gasteiger partial charge in [0.25, 0.3) is 5.91 Å². The van der Waals surface area contributed by atoms with E-state index in [9.17, 15) is 13.2 Å². The number of pyridine rings is 1. The summed E-state index contributed by atoms with van der Waals surface area (Å²) in [6, 6.07) is 14.3. The van der Waals surface area contributed by atoms with Crippen LogP contribution in [0.25, 0.3) is 10.9 Å². The van der Waals surface area contributed by atoms with Crippen molar-refractivity contribution in [2.75, 3.05) is 0 Å². The number of amides is 1. The molecule has 0 bridgehead atoms. The summed E-state index contributed by atoms with van der Waals surface area (Å²) < 4.78 is 28.4. The number of hydrogen-bond donors (Lipinski definition) is 2. The van der Waals surface area contributed by atoms with E-state index < -0.39 is 15.6 Å². The SMILES string of the molecule is CCc1nc2ccccc2c(C(=O)NCc2ccccc2S(=O)(=O)NC(C)(C)C)c1C. The summed E-state index contributed by atoms with van der Waals surface area (Å²) in [7, 11) is -3.73. The smallest absolute Gasteiger partial charge is 0.252 e. The van der Waals surface area contributed by atoms with E-state index in [0.29, 0.717) is 11.1 Å². The molecule has 0 saturated carbocycles. The number of carbonyl (C=O) groups excluding carboxylic acids is 1. The van der Waals surface area contributed by atoms with Crippen molar-refractivity contribution in [1.29, 1.82) is 0 Å². The van der Waals surface area contributed by atoms with Crippen LogP contribution in [0.4, 0.5) is 0 Å². The van der Waals surface area contributed by atoms with E-state index in [-0.39, 0.29) is 17.3 Å². The molecule has 1 amide bonds. The molecule has 0 saturated heterocycles. The molecule has 0 aliphatic rings. The maximum absolute atomic E-state index is 13.2. The number of aryl methyl sites for hydroxylation is 1. The number of carbonyl (C=O) groups is 1. The summed E-state index contributed by atoms with van der Waals surface area (Å²) in [5.74, 6) is -0.248. The molecule has 0 atom stereocenters. The minimum absolute atomic E-state index is 0.0948. The Morgan fingerprint density at radius 1 is 1.03 bits per heavy atom. The topological polar surface area (TPSA) is 88.2 Å². The van der Waals surface area contributed by atoms with Crippen LogP contribution in [-0.4, -0.2) is 24.8 Å². The largest absolute Gasteiger partial charge is 0.348 e. The first-order valence-electron chi connectivity index (χ1n) is 10.3. The standard InChI is InChI=1S/C24H29N3O3S/c1-6-19-16(2)22(18-12-8-9-13-20(18)26-19)23(28)25-15-17-11-7-10-14-21(17)31(29,30)27-24(3,4)5/h7-14,27H,6,15H2,1-5H3,(H,25,28). The van der Waals surface area contributed by atoms with Crippen molar-refractivity contribution in [3.63, 3.8) is 0 Å². The van der Waals surface area contributed by atoms with Gasteiger partial charge in [-0.2, -0.15) is 0 Å². The molecule has 6 nitrogen and oxygen atoms in total. The van der Waals surface area contributed by atoms with Gasteiger partial charge in [0, 0.05) is 23.2 Å². The molecule has 164 valence electrons. The van der Waals surface area contributed by atoms with Crippen LogP contribution in [0, 0.1) is 6.92 Å². The van der Waals surface area contributed by atoms with Crippen molar-refractivity contribution >= 4 is 26.8 Å². The Labute approximate surface area is 184 Å². The lowest BCUT2D eigenvalue weighted by Crippen LogP contribution is -2.41. The van der Waals surface area contributed by atoms with Crippen LogP contribution in [0.15, 0.2) is 53.4 Å². The van der Waals surface area contributed by atoms with Gasteiger partial charge in [-0.25, -0.2) is 13.1 Å². The molecule has 0 spiro atoms. The molecule has 0 unspecified atom stereocenters. The van der Waals surface area contributed by atoms with Crippen LogP contribution >= 0.6 is 0 Å². The van der Waals surface area contributed by atoms with Crippen LogP contribution in [0.5, 0.6) is 0 Å². The Morgan fingerprint density at radius 3 is 2.35 bits per heavy atom. The Bertz CT molecular complexity index is 1230. The third-order valence-electron chi connectivity index (χ3n) is 4.94. The first-order chi connectivity index (χ1) is 14.5. The van der Waals surface area contributed by atoms with Crippen molar-refractivity contribution in [2.45, 2.75) is 58.0 Å². The number of rotatable bonds is 6. The summed E-state index contributed by atoms with van der Waals surface area (Å²) in [5.41, 5.74) is 2.98. The third-order valence-corrected chi connectivity index (χ3v) is 6.80. The van der Waals surface area contributed by atoms with Crippen molar-refractivity contribution in [2.24, 2.45) is 0 Å². The van der Waals surface area contributed by atoms with Gasteiger partial charge in [-0.3, -0.25) is 9.78 Å². The molecule has 1 heterocycles. The van der Waals surface area contributed by atoms with Gasteiger partial charge in [-0.15, -0.1) is 0 Å². The first kappa shape index (κ1) is 22.9. The van der Waals surface area contributed by atoms with E-state index in [0.717, 1.165) is 28.6 Å². The second kappa shape index (κ2) is 8.77. The second-order valence-corrected chi connectivity index (χ2v) is 10.2. The molecule has 3 rings (SSSR count). The van der Waals surface area contributed by atoms with E-state index in [2.05, 4.69) is 15.0 Å². The Kier molecular flexibility index (Phi) is 6.48. The molecule has 1 aromatic heterocycles. The minimum atomic E-state index is -3.73. The molecule has 0 aliphatic carbocycles. The van der Waals surface area contributed by atoms with E-state index in [1.807, 2.05) is 38.1 Å². The Hall–Kier alpha value is -2.77. The van der Waals surface area contributed by atoms with Crippen molar-refractivity contribution in [3.8, 4) is 0 Å². The first-order valence-corrected chi connectivity index (χ1v) is 11.8. The fourth-order valence-electron chi connectivity index (χ4n) is 3.63. The highest BCUT2D eigenvalue weighted by Crippen LogP contribution is 2.24. The number of aromatic nitrogens is 1. The van der Waals surface area contributed by atoms with Gasteiger partial charge in [0.05, 0.1) is 16.0 Å². The molecule has 2 aromatic carbocycles. The maximum atomic E-state index is 13.2. The average Bonchev–Trinajstić information content (AvgIpc) is 2.70. The van der Waals surface area contributed by atoms with Gasteiger partial charge in [0.1, 0.15) is 0 Å². The predicted molar refractivity (Wildman–Crippen MR) is 124 cm³/mol. The number of nitrogens with zero attached hydrogens (tertiary/aromatic N) is 1. The van der Waals surface area contributed by atoms with Crippen LogP contribution < -0.4 is 10.0 Å². The molecular weight excluding hydrogens is 410 g/mol. The fourth-order valence-corrected chi connectivity index (χ4v) is 5.29. The summed E-state index contributed by atoms with van der Waals surface area (Å²) in [6.45, 7) is 9.37. The highest BCUT2D eigenvalue weighted by molar-refractivity contribution is 7.89. The van der Waals surface area contributed by atoms with Gasteiger partial charge in [0.15, 0.2) is 0 Å². The van der Waals surface area contributed by atoms with Crippen molar-refractivity contribution in [1.82, 2.24) is 15.0 Å². The van der Waals surface area contributed by atoms with Gasteiger partial charge >= 0.3 is 0 Å². The van der Waals surface area contributed by atoms with Crippen LogP contribution in [0.1, 0.15) is 54.9 Å². The van der Waals surface area contributed by atoms with E-state index in [4.69, 9.17) is 0 Å². The predicted octanol–water partition coefficient (Wildman–Crippen LogP) is 4.11. The maximum Gasteiger partial charge on any atom is 0.252 e. The summed E-state index contributed by atoms with van der Waals surface area (Å²) in [6.07, 6.45) is 0.719. The monoisotopic (exact) mass is 439 g/mol. The zero-order valence-electron chi connectivity index (χ0n) is 18.6. The highest BCUT2D eigenvalue weighted by atomic mass is 32.2. The molecule has 2 N–H and O–H groups in total. The van der Waals surface area contributed by atoms with Gasteiger partial charge in [-0.1, -0.05) is 43.3 Å². The molecular formula is C24H29N3O3S. The van der Waals surface area contributed by atoms with Crippen molar-refractivity contribution < 1.29 is 13.2 Å². The number of nitrogens with one attached hydrogen (secondary N) is 2. The molecule has 7 heteroatoms. The van der Waals surface area contributed by atoms with E-state index in [1.165, 1.54) is 0 Å². The Balaban J connectivity index is 1.94. The lowest BCUT2D eigenvalue weighted by molar-refractivity contribution is 0.0951. The number of sulfonamides is 1. The molecule has 0 fully saturated rings. The third kappa shape index (κ3) is 5.11. The quantitative estimate of drug-likeness (QED) is 0.605. The van der Waals surface area contributed by atoms with Gasteiger partial charge in [0.2, 0.25) is 10.0 Å². The summed E-state index contributed by atoms with van der Waals surface area (Å²) in [5, 5.41) is 3.70. The normalized spacial score (nSPS) is 12.2. The summed E-state index contributed by atoms with van der Waals surface area (Å²) in [4.78, 5) is 18.0. The number of hydrogen-bond acceptors (Lipinski definition) is 4. The lowest BCUT2D eigenvalue weighted by atomic mass is 9.99. The molecule has 3 aromatic rings. The van der Waals surface area contributed by atoms with Gasteiger partial charge < -0.3 is 5.32 Å². The van der Waals surface area contributed by atoms with E-state index >= 15 is 0 Å². The number of benzene rings is 2. The zero-order valence-corrected chi connectivity index (χ0v) is 19.4. The lowest BCUT2D eigenvalue weighted by Gasteiger charge is -2.21. The van der Waals surface area contributed by atoms with E-state index in [1.54, 1.807) is 45.0 Å². The average molecular weight is 440 g/mol. The van der Waals surface area contributed by atoms with Gasteiger partial charge in [-0.05, 0) is 57.4 Å². The second-order valence-electron chi connectivity index (χ2n) is 8.58. The van der Waals surface area contributed by atoms with Crippen LogP contribution in [-0.2, 0) is 23.0 Å². The van der Waals surface area contributed by atoms with Crippen molar-refractivity contribution in [3.05, 3.63) is 70.9 Å². The fraction of sp³-hybridized carbons (Fsp3) is 0.333. The molecule has 31 heavy (non-hydrogen) atoms. The molecule has 0 aliphatic heterocycles. The van der Waals surface area contributed by atoms with Crippen LogP contribution in [0.2, 0.25) is 0 Å². The zero-order chi connectivity index (χ0) is 22.8. The Morgan fingerprint density at radius 2 is 1.68 bits per heavy atom. The summed E-state index contributed by atoms with van der Waals surface area (Å²) >= 11 is 0. The number of fused-ring (bicyclic) bond motifs is 1. The van der Waals surface area contributed by atoms with Crippen LogP contribution in [0.3, 0.4) is 0 Å². The minimum Gasteiger partial charge on any atom is -0.348 e.